The van der Waals surface area contributed by atoms with Gasteiger partial charge in [-0.2, -0.15) is 0 Å². The Morgan fingerprint density at radius 3 is 2.71 bits per heavy atom. The Bertz CT molecular complexity index is 495. The van der Waals surface area contributed by atoms with Crippen LogP contribution in [0.2, 0.25) is 0 Å². The quantitative estimate of drug-likeness (QED) is 0.799. The molecule has 0 bridgehead atoms. The number of nitrogens with zero attached hydrogens (tertiary/aromatic N) is 2. The van der Waals surface area contributed by atoms with Gasteiger partial charge in [0.05, 0.1) is 0 Å². The maximum atomic E-state index is 12.0. The first-order valence-corrected chi connectivity index (χ1v) is 7.77. The van der Waals surface area contributed by atoms with Crippen LogP contribution in [0, 0.1) is 5.92 Å². The molecule has 1 aromatic rings. The Labute approximate surface area is 130 Å². The van der Waals surface area contributed by atoms with E-state index in [-0.39, 0.29) is 10.9 Å². The first-order chi connectivity index (χ1) is 10.1. The van der Waals surface area contributed by atoms with E-state index >= 15 is 0 Å². The van der Waals surface area contributed by atoms with Crippen molar-refractivity contribution in [1.29, 1.82) is 0 Å². The molecule has 0 radical (unpaired) electrons. The van der Waals surface area contributed by atoms with E-state index < -0.39 is 0 Å². The average molecular weight is 306 g/mol. The number of nitrogens with one attached hydrogen (secondary N) is 1. The fourth-order valence-electron chi connectivity index (χ4n) is 2.51. The molecule has 1 amide bonds. The van der Waals surface area contributed by atoms with Crippen LogP contribution >= 0.6 is 12.2 Å². The molecule has 2 rings (SSSR count). The molecule has 1 aliphatic rings. The molecule has 21 heavy (non-hydrogen) atoms. The standard InChI is InChI=1S/C15H22N4OS/c1-2-19-7-5-11(6-8-19)9-18-15(20)13-4-3-12(10-17-13)14(16)21/h3-4,10-11H,2,5-9H2,1H3,(H2,16,21)(H,18,20). The van der Waals surface area contributed by atoms with Crippen LogP contribution in [0.1, 0.15) is 35.8 Å². The maximum absolute atomic E-state index is 12.0. The minimum atomic E-state index is -0.137. The molecule has 114 valence electrons. The van der Waals surface area contributed by atoms with Crippen LogP contribution in [0.15, 0.2) is 18.3 Å². The summed E-state index contributed by atoms with van der Waals surface area (Å²) in [6, 6.07) is 3.38. The highest BCUT2D eigenvalue weighted by Crippen LogP contribution is 2.15. The highest BCUT2D eigenvalue weighted by atomic mass is 32.1. The molecule has 2 heterocycles. The van der Waals surface area contributed by atoms with Crippen LogP contribution in [0.25, 0.3) is 0 Å². The van der Waals surface area contributed by atoms with E-state index in [0.717, 1.165) is 39.0 Å². The first-order valence-electron chi connectivity index (χ1n) is 7.36. The van der Waals surface area contributed by atoms with Crippen molar-refractivity contribution in [3.63, 3.8) is 0 Å². The van der Waals surface area contributed by atoms with Gasteiger partial charge in [0.1, 0.15) is 10.7 Å². The molecule has 0 spiro atoms. The highest BCUT2D eigenvalue weighted by Gasteiger charge is 2.19. The number of rotatable bonds is 5. The number of thiocarbonyl (C=S) groups is 1. The zero-order valence-corrected chi connectivity index (χ0v) is 13.2. The van der Waals surface area contributed by atoms with Crippen molar-refractivity contribution in [3.05, 3.63) is 29.6 Å². The van der Waals surface area contributed by atoms with Gasteiger partial charge in [0.2, 0.25) is 0 Å². The van der Waals surface area contributed by atoms with E-state index in [9.17, 15) is 4.79 Å². The third kappa shape index (κ3) is 4.47. The van der Waals surface area contributed by atoms with Crippen LogP contribution in [0.5, 0.6) is 0 Å². The molecular weight excluding hydrogens is 284 g/mol. The van der Waals surface area contributed by atoms with Gasteiger partial charge in [-0.3, -0.25) is 9.78 Å². The first kappa shape index (κ1) is 15.9. The average Bonchev–Trinajstić information content (AvgIpc) is 2.53. The van der Waals surface area contributed by atoms with Crippen molar-refractivity contribution in [3.8, 4) is 0 Å². The lowest BCUT2D eigenvalue weighted by Gasteiger charge is -2.30. The molecule has 0 unspecified atom stereocenters. The smallest absolute Gasteiger partial charge is 0.269 e. The summed E-state index contributed by atoms with van der Waals surface area (Å²) >= 11 is 4.86. The monoisotopic (exact) mass is 306 g/mol. The van der Waals surface area contributed by atoms with Crippen molar-refractivity contribution in [2.45, 2.75) is 19.8 Å². The second-order valence-corrected chi connectivity index (χ2v) is 5.82. The van der Waals surface area contributed by atoms with E-state index in [1.54, 1.807) is 12.1 Å². The second kappa shape index (κ2) is 7.47. The van der Waals surface area contributed by atoms with Crippen molar-refractivity contribution in [1.82, 2.24) is 15.2 Å². The number of hydrogen-bond acceptors (Lipinski definition) is 4. The van der Waals surface area contributed by atoms with Crippen LogP contribution in [0.3, 0.4) is 0 Å². The van der Waals surface area contributed by atoms with Crippen LogP contribution in [0.4, 0.5) is 0 Å². The van der Waals surface area contributed by atoms with Gasteiger partial charge in [0, 0.05) is 18.3 Å². The zero-order chi connectivity index (χ0) is 15.2. The van der Waals surface area contributed by atoms with Gasteiger partial charge in [-0.1, -0.05) is 19.1 Å². The van der Waals surface area contributed by atoms with Gasteiger partial charge in [0.15, 0.2) is 0 Å². The van der Waals surface area contributed by atoms with E-state index in [4.69, 9.17) is 18.0 Å². The number of nitrogens with two attached hydrogens (primary N) is 1. The summed E-state index contributed by atoms with van der Waals surface area (Å²) in [7, 11) is 0. The van der Waals surface area contributed by atoms with Crippen molar-refractivity contribution >= 4 is 23.1 Å². The molecular formula is C15H22N4OS. The fraction of sp³-hybridized carbons (Fsp3) is 0.533. The molecule has 1 aliphatic heterocycles. The molecule has 3 N–H and O–H groups in total. The largest absolute Gasteiger partial charge is 0.389 e. The van der Waals surface area contributed by atoms with Gasteiger partial charge in [-0.05, 0) is 50.5 Å². The Morgan fingerprint density at radius 1 is 1.48 bits per heavy atom. The van der Waals surface area contributed by atoms with Crippen LogP contribution in [-0.4, -0.2) is 47.0 Å². The summed E-state index contributed by atoms with van der Waals surface area (Å²) in [5.41, 5.74) is 6.58. The van der Waals surface area contributed by atoms with Crippen LogP contribution < -0.4 is 11.1 Å². The van der Waals surface area contributed by atoms with Gasteiger partial charge < -0.3 is 16.0 Å². The van der Waals surface area contributed by atoms with Crippen LogP contribution in [-0.2, 0) is 0 Å². The second-order valence-electron chi connectivity index (χ2n) is 5.38. The molecule has 0 atom stereocenters. The lowest BCUT2D eigenvalue weighted by Crippen LogP contribution is -2.38. The number of carbonyl (C=O) groups is 1. The van der Waals surface area contributed by atoms with E-state index in [1.165, 1.54) is 6.20 Å². The highest BCUT2D eigenvalue weighted by molar-refractivity contribution is 7.80. The lowest BCUT2D eigenvalue weighted by molar-refractivity contribution is 0.0932. The van der Waals surface area contributed by atoms with Gasteiger partial charge in [-0.25, -0.2) is 0 Å². The summed E-state index contributed by atoms with van der Waals surface area (Å²) in [5.74, 6) is 0.426. The predicted octanol–water partition coefficient (Wildman–Crippen LogP) is 1.18. The molecule has 0 aromatic carbocycles. The molecule has 0 aliphatic carbocycles. The Balaban J connectivity index is 1.80. The minimum Gasteiger partial charge on any atom is -0.389 e. The van der Waals surface area contributed by atoms with Gasteiger partial charge in [0.25, 0.3) is 5.91 Å². The SMILES string of the molecule is CCN1CCC(CNC(=O)c2ccc(C(N)=S)cn2)CC1. The number of carbonyl (C=O) groups excluding carboxylic acids is 1. The summed E-state index contributed by atoms with van der Waals surface area (Å²) in [6.45, 7) is 6.26. The third-order valence-corrected chi connectivity index (χ3v) is 4.22. The Hall–Kier alpha value is -1.53. The topological polar surface area (TPSA) is 71.2 Å². The molecule has 6 heteroatoms. The Kier molecular flexibility index (Phi) is 5.64. The number of hydrogen-bond donors (Lipinski definition) is 2. The zero-order valence-electron chi connectivity index (χ0n) is 12.3. The van der Waals surface area contributed by atoms with Crippen molar-refractivity contribution in [2.24, 2.45) is 11.7 Å². The molecule has 0 saturated carbocycles. The van der Waals surface area contributed by atoms with E-state index in [0.29, 0.717) is 17.2 Å². The van der Waals surface area contributed by atoms with Gasteiger partial charge >= 0.3 is 0 Å². The lowest BCUT2D eigenvalue weighted by atomic mass is 9.97. The normalized spacial score (nSPS) is 16.6. The van der Waals surface area contributed by atoms with E-state index in [1.807, 2.05) is 0 Å². The number of pyridine rings is 1. The van der Waals surface area contributed by atoms with E-state index in [2.05, 4.69) is 22.1 Å². The molecule has 1 aromatic heterocycles. The number of amides is 1. The van der Waals surface area contributed by atoms with Crippen molar-refractivity contribution in [2.75, 3.05) is 26.2 Å². The molecule has 5 nitrogen and oxygen atoms in total. The third-order valence-electron chi connectivity index (χ3n) is 3.99. The summed E-state index contributed by atoms with van der Waals surface area (Å²) in [5, 5.41) is 2.97. The van der Waals surface area contributed by atoms with Gasteiger partial charge in [-0.15, -0.1) is 0 Å². The number of aromatic nitrogens is 1. The summed E-state index contributed by atoms with van der Waals surface area (Å²) in [4.78, 5) is 18.9. The Morgan fingerprint density at radius 2 is 2.19 bits per heavy atom. The maximum Gasteiger partial charge on any atom is 0.269 e. The minimum absolute atomic E-state index is 0.137. The van der Waals surface area contributed by atoms with Crippen molar-refractivity contribution < 1.29 is 4.79 Å². The summed E-state index contributed by atoms with van der Waals surface area (Å²) in [6.07, 6.45) is 3.82. The fourth-order valence-corrected chi connectivity index (χ4v) is 2.63. The predicted molar refractivity (Wildman–Crippen MR) is 87.3 cm³/mol. The number of likely N-dealkylation sites (tertiary alicyclic amines) is 1. The number of piperidine rings is 1. The summed E-state index contributed by atoms with van der Waals surface area (Å²) < 4.78 is 0. The molecule has 1 saturated heterocycles. The molecule has 1 fully saturated rings.